The van der Waals surface area contributed by atoms with Gasteiger partial charge in [-0.15, -0.1) is 0 Å². The molecular formula is C14H13ClN2O2. The lowest BCUT2D eigenvalue weighted by atomic mass is 10.1. The number of nitrogens with zero attached hydrogens (tertiary/aromatic N) is 2. The molecule has 0 spiro atoms. The van der Waals surface area contributed by atoms with Crippen molar-refractivity contribution in [3.05, 3.63) is 53.0 Å². The number of furan rings is 1. The number of rotatable bonds is 3. The second-order valence-corrected chi connectivity index (χ2v) is 4.69. The van der Waals surface area contributed by atoms with Crippen molar-refractivity contribution in [2.24, 2.45) is 0 Å². The zero-order valence-corrected chi connectivity index (χ0v) is 11.1. The van der Waals surface area contributed by atoms with Crippen molar-refractivity contribution in [2.75, 3.05) is 0 Å². The van der Waals surface area contributed by atoms with E-state index in [0.29, 0.717) is 22.8 Å². The molecule has 0 fully saturated rings. The van der Waals surface area contributed by atoms with Crippen LogP contribution in [-0.4, -0.2) is 14.9 Å². The predicted molar refractivity (Wildman–Crippen MR) is 73.2 cm³/mol. The number of aliphatic hydroxyl groups excluding tert-OH is 1. The molecule has 2 aromatic heterocycles. The topological polar surface area (TPSA) is 51.2 Å². The van der Waals surface area contributed by atoms with Gasteiger partial charge in [0.25, 0.3) is 0 Å². The monoisotopic (exact) mass is 276 g/mol. The van der Waals surface area contributed by atoms with Gasteiger partial charge in [-0.05, 0) is 13.0 Å². The van der Waals surface area contributed by atoms with Crippen molar-refractivity contribution in [3.63, 3.8) is 0 Å². The Balaban J connectivity index is 2.13. The molecule has 3 rings (SSSR count). The minimum absolute atomic E-state index is 0.458. The molecule has 19 heavy (non-hydrogen) atoms. The van der Waals surface area contributed by atoms with Crippen molar-refractivity contribution in [3.8, 4) is 0 Å². The molecule has 0 saturated heterocycles. The van der Waals surface area contributed by atoms with E-state index in [1.807, 2.05) is 31.2 Å². The highest BCUT2D eigenvalue weighted by Gasteiger charge is 2.22. The molecule has 0 saturated carbocycles. The summed E-state index contributed by atoms with van der Waals surface area (Å²) in [5.41, 5.74) is 2.04. The number of aryl methyl sites for hydroxylation is 1. The van der Waals surface area contributed by atoms with Crippen molar-refractivity contribution < 1.29 is 9.52 Å². The van der Waals surface area contributed by atoms with E-state index in [9.17, 15) is 5.11 Å². The zero-order chi connectivity index (χ0) is 13.4. The fourth-order valence-corrected chi connectivity index (χ4v) is 2.50. The second kappa shape index (κ2) is 4.72. The summed E-state index contributed by atoms with van der Waals surface area (Å²) in [5.74, 6) is 0. The highest BCUT2D eigenvalue weighted by molar-refractivity contribution is 6.31. The molecule has 4 nitrogen and oxygen atoms in total. The van der Waals surface area contributed by atoms with Gasteiger partial charge in [0, 0.05) is 17.5 Å². The van der Waals surface area contributed by atoms with Crippen molar-refractivity contribution in [1.82, 2.24) is 9.78 Å². The first-order valence-electron chi connectivity index (χ1n) is 6.07. The number of aliphatic hydroxyl groups is 1. The Bertz CT molecular complexity index is 717. The maximum absolute atomic E-state index is 10.6. The van der Waals surface area contributed by atoms with Crippen LogP contribution in [0.15, 0.2) is 41.1 Å². The molecular weight excluding hydrogens is 264 g/mol. The minimum Gasteiger partial charge on any atom is -0.464 e. The molecule has 0 amide bonds. The number of hydrogen-bond donors (Lipinski definition) is 1. The van der Waals surface area contributed by atoms with Crippen LogP contribution in [0.1, 0.15) is 24.3 Å². The van der Waals surface area contributed by atoms with E-state index < -0.39 is 6.10 Å². The number of benzene rings is 1. The molecule has 0 bridgehead atoms. The lowest BCUT2D eigenvalue weighted by Crippen LogP contribution is -2.09. The van der Waals surface area contributed by atoms with E-state index in [0.717, 1.165) is 11.0 Å². The molecule has 0 aliphatic heterocycles. The first-order chi connectivity index (χ1) is 9.22. The molecule has 1 unspecified atom stereocenters. The van der Waals surface area contributed by atoms with E-state index in [1.165, 1.54) is 0 Å². The van der Waals surface area contributed by atoms with Crippen LogP contribution in [0.4, 0.5) is 0 Å². The summed E-state index contributed by atoms with van der Waals surface area (Å²) in [6, 6.07) is 7.58. The normalized spacial score (nSPS) is 13.0. The first-order valence-corrected chi connectivity index (χ1v) is 6.45. The summed E-state index contributed by atoms with van der Waals surface area (Å²) in [5, 5.41) is 16.0. The van der Waals surface area contributed by atoms with Gasteiger partial charge in [0.2, 0.25) is 0 Å². The second-order valence-electron chi connectivity index (χ2n) is 4.28. The lowest BCUT2D eigenvalue weighted by molar-refractivity contribution is 0.208. The largest absolute Gasteiger partial charge is 0.464 e. The highest BCUT2D eigenvalue weighted by Crippen LogP contribution is 2.33. The molecule has 1 atom stereocenters. The van der Waals surface area contributed by atoms with Gasteiger partial charge in [-0.25, -0.2) is 0 Å². The van der Waals surface area contributed by atoms with Gasteiger partial charge in [0.05, 0.1) is 23.2 Å². The highest BCUT2D eigenvalue weighted by atomic mass is 35.5. The van der Waals surface area contributed by atoms with Crippen molar-refractivity contribution in [2.45, 2.75) is 19.6 Å². The molecule has 3 aromatic rings. The summed E-state index contributed by atoms with van der Waals surface area (Å²) in [6.45, 7) is 2.60. The van der Waals surface area contributed by atoms with Gasteiger partial charge >= 0.3 is 0 Å². The summed E-state index contributed by atoms with van der Waals surface area (Å²) in [7, 11) is 0. The summed E-state index contributed by atoms with van der Waals surface area (Å²) in [6.07, 6.45) is 2.27. The predicted octanol–water partition coefficient (Wildman–Crippen LogP) is 3.38. The lowest BCUT2D eigenvalue weighted by Gasteiger charge is -2.12. The van der Waals surface area contributed by atoms with Crippen LogP contribution in [0.2, 0.25) is 5.02 Å². The maximum atomic E-state index is 10.6. The Morgan fingerprint density at radius 2 is 2.21 bits per heavy atom. The van der Waals surface area contributed by atoms with Crippen molar-refractivity contribution >= 4 is 22.6 Å². The smallest absolute Gasteiger partial charge is 0.134 e. The molecule has 0 aliphatic rings. The Labute approximate surface area is 115 Å². The minimum atomic E-state index is -0.849. The van der Waals surface area contributed by atoms with Gasteiger partial charge in [0.15, 0.2) is 0 Å². The quantitative estimate of drug-likeness (QED) is 0.798. The van der Waals surface area contributed by atoms with Gasteiger partial charge in [-0.3, -0.25) is 4.68 Å². The number of aromatic nitrogens is 2. The van der Waals surface area contributed by atoms with Gasteiger partial charge in [-0.1, -0.05) is 29.8 Å². The van der Waals surface area contributed by atoms with E-state index in [2.05, 4.69) is 5.10 Å². The first kappa shape index (κ1) is 12.3. The van der Waals surface area contributed by atoms with E-state index >= 15 is 0 Å². The number of halogens is 1. The third-order valence-electron chi connectivity index (χ3n) is 3.20. The fourth-order valence-electron chi connectivity index (χ4n) is 2.25. The van der Waals surface area contributed by atoms with Crippen LogP contribution in [-0.2, 0) is 6.54 Å². The Hall–Kier alpha value is -1.78. The van der Waals surface area contributed by atoms with Gasteiger partial charge in [0.1, 0.15) is 11.7 Å². The van der Waals surface area contributed by atoms with E-state index in [-0.39, 0.29) is 0 Å². The van der Waals surface area contributed by atoms with Crippen molar-refractivity contribution in [1.29, 1.82) is 0 Å². The van der Waals surface area contributed by atoms with Crippen LogP contribution in [0.3, 0.4) is 0 Å². The maximum Gasteiger partial charge on any atom is 0.134 e. The summed E-state index contributed by atoms with van der Waals surface area (Å²) >= 11 is 6.11. The molecule has 0 radical (unpaired) electrons. The van der Waals surface area contributed by atoms with Crippen LogP contribution >= 0.6 is 11.6 Å². The molecule has 5 heteroatoms. The SMILES string of the molecule is CCn1ncc(Cl)c1C(O)c1coc2ccccc12. The Morgan fingerprint density at radius 3 is 3.00 bits per heavy atom. The Kier molecular flexibility index (Phi) is 3.05. The fraction of sp³-hybridized carbons (Fsp3) is 0.214. The summed E-state index contributed by atoms with van der Waals surface area (Å²) in [4.78, 5) is 0. The third-order valence-corrected chi connectivity index (χ3v) is 3.49. The number of hydrogen-bond acceptors (Lipinski definition) is 3. The van der Waals surface area contributed by atoms with E-state index in [4.69, 9.17) is 16.0 Å². The molecule has 98 valence electrons. The standard InChI is InChI=1S/C14H13ClN2O2/c1-2-17-13(11(15)7-16-17)14(18)10-8-19-12-6-4-3-5-9(10)12/h3-8,14,18H,2H2,1H3. The van der Waals surface area contributed by atoms with E-state index in [1.54, 1.807) is 17.1 Å². The zero-order valence-electron chi connectivity index (χ0n) is 10.4. The van der Waals surface area contributed by atoms with Crippen LogP contribution in [0.5, 0.6) is 0 Å². The number of fused-ring (bicyclic) bond motifs is 1. The third kappa shape index (κ3) is 1.93. The average Bonchev–Trinajstić information content (AvgIpc) is 3.01. The molecule has 1 aromatic carbocycles. The molecule has 0 aliphatic carbocycles. The van der Waals surface area contributed by atoms with Crippen LogP contribution in [0, 0.1) is 0 Å². The van der Waals surface area contributed by atoms with Gasteiger partial charge in [-0.2, -0.15) is 5.10 Å². The number of para-hydroxylation sites is 1. The summed E-state index contributed by atoms with van der Waals surface area (Å²) < 4.78 is 7.14. The molecule has 2 heterocycles. The van der Waals surface area contributed by atoms with Crippen LogP contribution in [0.25, 0.3) is 11.0 Å². The molecule has 1 N–H and O–H groups in total. The average molecular weight is 277 g/mol. The van der Waals surface area contributed by atoms with Crippen LogP contribution < -0.4 is 0 Å². The van der Waals surface area contributed by atoms with Gasteiger partial charge < -0.3 is 9.52 Å². The Morgan fingerprint density at radius 1 is 1.42 bits per heavy atom.